The van der Waals surface area contributed by atoms with Crippen LogP contribution in [0.3, 0.4) is 0 Å². The molecule has 2 aromatic rings. The normalized spacial score (nSPS) is 11.6. The Labute approximate surface area is 170 Å². The molecule has 0 saturated heterocycles. The second-order valence-corrected chi connectivity index (χ2v) is 6.91. The number of aromatic amines is 1. The molecule has 0 saturated carbocycles. The fourth-order valence-electron chi connectivity index (χ4n) is 3.08. The quantitative estimate of drug-likeness (QED) is 0.631. The number of nitrogens with one attached hydrogen (secondary N) is 2. The van der Waals surface area contributed by atoms with Crippen molar-refractivity contribution in [2.24, 2.45) is 0 Å². The Morgan fingerprint density at radius 3 is 2.41 bits per heavy atom. The highest BCUT2D eigenvalue weighted by atomic mass is 16.5. The summed E-state index contributed by atoms with van der Waals surface area (Å²) in [6.07, 6.45) is 1.63. The van der Waals surface area contributed by atoms with Crippen LogP contribution in [0.5, 0.6) is 0 Å². The van der Waals surface area contributed by atoms with E-state index in [0.29, 0.717) is 16.8 Å². The average molecular weight is 400 g/mol. The molecule has 0 fully saturated rings. The van der Waals surface area contributed by atoms with E-state index >= 15 is 0 Å². The predicted octanol–water partition coefficient (Wildman–Crippen LogP) is 3.10. The number of hydrogen-bond acceptors (Lipinski definition) is 5. The molecule has 7 nitrogen and oxygen atoms in total. The molecule has 1 heterocycles. The molecule has 0 aliphatic carbocycles. The highest BCUT2D eigenvalue weighted by molar-refractivity contribution is 5.99. The van der Waals surface area contributed by atoms with Crippen LogP contribution in [-0.4, -0.2) is 42.1 Å². The van der Waals surface area contributed by atoms with E-state index in [0.717, 1.165) is 12.8 Å². The summed E-state index contributed by atoms with van der Waals surface area (Å²) in [6.45, 7) is 6.79. The second kappa shape index (κ2) is 10.5. The van der Waals surface area contributed by atoms with Gasteiger partial charge in [0, 0.05) is 11.7 Å². The van der Waals surface area contributed by atoms with Crippen LogP contribution in [0.4, 0.5) is 0 Å². The van der Waals surface area contributed by atoms with E-state index in [-0.39, 0.29) is 30.9 Å². The number of aromatic nitrogens is 1. The minimum absolute atomic E-state index is 0.0497. The van der Waals surface area contributed by atoms with Gasteiger partial charge < -0.3 is 19.8 Å². The minimum atomic E-state index is -0.687. The maximum atomic E-state index is 12.3. The van der Waals surface area contributed by atoms with Crippen LogP contribution in [0, 0.1) is 13.8 Å². The summed E-state index contributed by atoms with van der Waals surface area (Å²) in [7, 11) is 0. The third-order valence-electron chi connectivity index (χ3n) is 4.57. The first-order valence-electron chi connectivity index (χ1n) is 9.70. The lowest BCUT2D eigenvalue weighted by atomic mass is 10.1. The molecule has 2 N–H and O–H groups in total. The Morgan fingerprint density at radius 2 is 1.76 bits per heavy atom. The molecule has 1 aromatic carbocycles. The van der Waals surface area contributed by atoms with Gasteiger partial charge in [0.1, 0.15) is 5.69 Å². The summed E-state index contributed by atoms with van der Waals surface area (Å²) in [5.74, 6) is -1.55. The number of rotatable bonds is 9. The zero-order valence-electron chi connectivity index (χ0n) is 17.3. The molecule has 0 bridgehead atoms. The Balaban J connectivity index is 1.84. The van der Waals surface area contributed by atoms with E-state index in [9.17, 15) is 14.4 Å². The fraction of sp³-hybridized carbons (Fsp3) is 0.409. The molecule has 0 unspecified atom stereocenters. The summed E-state index contributed by atoms with van der Waals surface area (Å²) in [5.41, 5.74) is 2.64. The highest BCUT2D eigenvalue weighted by Crippen LogP contribution is 2.19. The third-order valence-corrected chi connectivity index (χ3v) is 4.57. The van der Waals surface area contributed by atoms with Crippen molar-refractivity contribution < 1.29 is 23.9 Å². The molecular formula is C22H28N2O5. The lowest BCUT2D eigenvalue weighted by molar-refractivity contribution is -0.124. The van der Waals surface area contributed by atoms with Crippen molar-refractivity contribution in [3.05, 3.63) is 58.4 Å². The minimum Gasteiger partial charge on any atom is -0.462 e. The summed E-state index contributed by atoms with van der Waals surface area (Å²) in [6, 6.07) is 9.96. The van der Waals surface area contributed by atoms with Crippen LogP contribution >= 0.6 is 0 Å². The molecule has 29 heavy (non-hydrogen) atoms. The number of hydrogen-bond donors (Lipinski definition) is 2. The second-order valence-electron chi connectivity index (χ2n) is 6.91. The molecule has 7 heteroatoms. The number of benzene rings is 1. The first-order chi connectivity index (χ1) is 13.8. The Morgan fingerprint density at radius 1 is 1.07 bits per heavy atom. The molecule has 0 radical (unpaired) electrons. The van der Waals surface area contributed by atoms with Gasteiger partial charge in [-0.05, 0) is 51.7 Å². The molecule has 156 valence electrons. The van der Waals surface area contributed by atoms with Crippen molar-refractivity contribution in [2.45, 2.75) is 46.6 Å². The van der Waals surface area contributed by atoms with Gasteiger partial charge in [-0.2, -0.15) is 0 Å². The van der Waals surface area contributed by atoms with Crippen molar-refractivity contribution in [1.29, 1.82) is 0 Å². The van der Waals surface area contributed by atoms with Gasteiger partial charge in [-0.1, -0.05) is 30.3 Å². The van der Waals surface area contributed by atoms with Gasteiger partial charge in [-0.3, -0.25) is 4.79 Å². The molecule has 1 atom stereocenters. The van der Waals surface area contributed by atoms with Crippen LogP contribution in [0.1, 0.15) is 57.9 Å². The molecule has 1 amide bonds. The third kappa shape index (κ3) is 6.20. The zero-order chi connectivity index (χ0) is 21.4. The Kier molecular flexibility index (Phi) is 8.00. The van der Waals surface area contributed by atoms with E-state index < -0.39 is 11.9 Å². The van der Waals surface area contributed by atoms with Gasteiger partial charge in [0.25, 0.3) is 5.91 Å². The van der Waals surface area contributed by atoms with Gasteiger partial charge in [0.2, 0.25) is 0 Å². The zero-order valence-corrected chi connectivity index (χ0v) is 17.3. The summed E-state index contributed by atoms with van der Waals surface area (Å²) in [4.78, 5) is 39.3. The summed E-state index contributed by atoms with van der Waals surface area (Å²) in [5, 5.41) is 2.82. The SMILES string of the molecule is CCOC(=O)c1c(C)[nH]c(C(=O)OCC(=O)N[C@H](C)CCc2ccccc2)c1C. The van der Waals surface area contributed by atoms with E-state index in [1.165, 1.54) is 5.56 Å². The van der Waals surface area contributed by atoms with Gasteiger partial charge in [0.15, 0.2) is 6.61 Å². The fourth-order valence-corrected chi connectivity index (χ4v) is 3.08. The van der Waals surface area contributed by atoms with E-state index in [1.807, 2.05) is 37.3 Å². The largest absolute Gasteiger partial charge is 0.462 e. The maximum absolute atomic E-state index is 12.3. The number of amides is 1. The predicted molar refractivity (Wildman–Crippen MR) is 109 cm³/mol. The molecule has 0 aliphatic heterocycles. The average Bonchev–Trinajstić information content (AvgIpc) is 2.99. The molecule has 2 rings (SSSR count). The lowest BCUT2D eigenvalue weighted by Crippen LogP contribution is -2.36. The number of aryl methyl sites for hydroxylation is 2. The summed E-state index contributed by atoms with van der Waals surface area (Å²) < 4.78 is 10.1. The van der Waals surface area contributed by atoms with Crippen LogP contribution in [0.25, 0.3) is 0 Å². The smallest absolute Gasteiger partial charge is 0.355 e. The van der Waals surface area contributed by atoms with Crippen molar-refractivity contribution >= 4 is 17.8 Å². The van der Waals surface area contributed by atoms with Gasteiger partial charge >= 0.3 is 11.9 Å². The number of H-pyrrole nitrogens is 1. The van der Waals surface area contributed by atoms with Gasteiger partial charge in [-0.25, -0.2) is 9.59 Å². The monoisotopic (exact) mass is 400 g/mol. The summed E-state index contributed by atoms with van der Waals surface area (Å²) >= 11 is 0. The van der Waals surface area contributed by atoms with Crippen LogP contribution < -0.4 is 5.32 Å². The van der Waals surface area contributed by atoms with Gasteiger partial charge in [-0.15, -0.1) is 0 Å². The first kappa shape index (κ1) is 22.2. The first-order valence-corrected chi connectivity index (χ1v) is 9.70. The van der Waals surface area contributed by atoms with Crippen molar-refractivity contribution in [3.8, 4) is 0 Å². The number of esters is 2. The van der Waals surface area contributed by atoms with Crippen LogP contribution in [0.2, 0.25) is 0 Å². The molecular weight excluding hydrogens is 372 g/mol. The van der Waals surface area contributed by atoms with Crippen molar-refractivity contribution in [2.75, 3.05) is 13.2 Å². The van der Waals surface area contributed by atoms with Crippen molar-refractivity contribution in [3.63, 3.8) is 0 Å². The van der Waals surface area contributed by atoms with E-state index in [1.54, 1.807) is 20.8 Å². The molecule has 1 aromatic heterocycles. The highest BCUT2D eigenvalue weighted by Gasteiger charge is 2.24. The van der Waals surface area contributed by atoms with E-state index in [2.05, 4.69) is 10.3 Å². The number of carbonyl (C=O) groups excluding carboxylic acids is 3. The standard InChI is InChI=1S/C22H28N2O5/c1-5-28-21(26)19-15(3)20(24-16(19)4)22(27)29-13-18(25)23-14(2)11-12-17-9-7-6-8-10-17/h6-10,14,24H,5,11-13H2,1-4H3,(H,23,25)/t14-/m1/s1. The number of ether oxygens (including phenoxy) is 2. The van der Waals surface area contributed by atoms with Crippen molar-refractivity contribution in [1.82, 2.24) is 10.3 Å². The van der Waals surface area contributed by atoms with Crippen LogP contribution in [-0.2, 0) is 20.7 Å². The molecule has 0 spiro atoms. The van der Waals surface area contributed by atoms with Gasteiger partial charge in [0.05, 0.1) is 12.2 Å². The Hall–Kier alpha value is -3.09. The Bertz CT molecular complexity index is 858. The lowest BCUT2D eigenvalue weighted by Gasteiger charge is -2.14. The van der Waals surface area contributed by atoms with Crippen LogP contribution in [0.15, 0.2) is 30.3 Å². The number of carbonyl (C=O) groups is 3. The maximum Gasteiger partial charge on any atom is 0.355 e. The molecule has 0 aliphatic rings. The van der Waals surface area contributed by atoms with E-state index in [4.69, 9.17) is 9.47 Å². The topological polar surface area (TPSA) is 97.5 Å².